The Morgan fingerprint density at radius 2 is 1.75 bits per heavy atom. The zero-order valence-electron chi connectivity index (χ0n) is 11.2. The predicted octanol–water partition coefficient (Wildman–Crippen LogP) is 4.22. The fourth-order valence-corrected chi connectivity index (χ4v) is 2.45. The van der Waals surface area contributed by atoms with Crippen LogP contribution in [0.2, 0.25) is 0 Å². The first kappa shape index (κ1) is 12.5. The highest BCUT2D eigenvalue weighted by Gasteiger charge is 2.19. The van der Waals surface area contributed by atoms with Crippen LogP contribution in [0.5, 0.6) is 0 Å². The van der Waals surface area contributed by atoms with Crippen molar-refractivity contribution < 1.29 is 9.62 Å². The molecule has 3 rings (SSSR count). The van der Waals surface area contributed by atoms with Crippen LogP contribution in [-0.4, -0.2) is 10.9 Å². The lowest BCUT2D eigenvalue weighted by atomic mass is 9.98. The van der Waals surface area contributed by atoms with Crippen LogP contribution in [0.3, 0.4) is 0 Å². The van der Waals surface area contributed by atoms with E-state index in [1.165, 1.54) is 0 Å². The average Bonchev–Trinajstić information content (AvgIpc) is 2.88. The molecule has 1 aromatic heterocycles. The van der Waals surface area contributed by atoms with Crippen LogP contribution < -0.4 is 0 Å². The lowest BCUT2D eigenvalue weighted by Gasteiger charge is -2.05. The molecule has 1 heterocycles. The number of para-hydroxylation sites is 1. The number of nitrogens with zero attached hydrogens (tertiary/aromatic N) is 1. The van der Waals surface area contributed by atoms with Gasteiger partial charge in [-0.3, -0.25) is 0 Å². The highest BCUT2D eigenvalue weighted by molar-refractivity contribution is 6.19. The minimum atomic E-state index is 0.549. The molecule has 0 aliphatic rings. The van der Waals surface area contributed by atoms with Gasteiger partial charge in [0.2, 0.25) is 0 Å². The third-order valence-electron chi connectivity index (χ3n) is 3.37. The van der Waals surface area contributed by atoms with E-state index in [1.807, 2.05) is 61.5 Å². The summed E-state index contributed by atoms with van der Waals surface area (Å²) in [6.45, 7) is 2.03. The molecular weight excluding hydrogens is 250 g/mol. The molecule has 0 bridgehead atoms. The first-order valence-corrected chi connectivity index (χ1v) is 6.63. The van der Waals surface area contributed by atoms with Crippen molar-refractivity contribution in [3.8, 4) is 0 Å². The van der Waals surface area contributed by atoms with Gasteiger partial charge in [0.05, 0.1) is 5.56 Å². The monoisotopic (exact) mass is 265 g/mol. The molecule has 0 fully saturated rings. The van der Waals surface area contributed by atoms with Gasteiger partial charge in [-0.1, -0.05) is 60.6 Å². The summed E-state index contributed by atoms with van der Waals surface area (Å²) in [6.07, 6.45) is 0.746. The smallest absolute Gasteiger partial charge is 0.134 e. The van der Waals surface area contributed by atoms with Gasteiger partial charge in [0.25, 0.3) is 0 Å². The van der Waals surface area contributed by atoms with E-state index in [2.05, 4.69) is 5.16 Å². The number of fused-ring (bicyclic) bond motifs is 1. The van der Waals surface area contributed by atoms with E-state index >= 15 is 0 Å². The Morgan fingerprint density at radius 3 is 2.45 bits per heavy atom. The van der Waals surface area contributed by atoms with E-state index < -0.39 is 0 Å². The summed E-state index contributed by atoms with van der Waals surface area (Å²) >= 11 is 0. The number of benzene rings is 2. The van der Waals surface area contributed by atoms with Gasteiger partial charge in [-0.15, -0.1) is 0 Å². The minimum absolute atomic E-state index is 0.549. The highest BCUT2D eigenvalue weighted by Crippen LogP contribution is 2.28. The standard InChI is InChI=1S/C17H15NO2/c1-2-14-16(13-10-6-7-11-15(13)20-14)17(18-19)12-8-4-3-5-9-12/h3-11,19H,2H2,1H3. The quantitative estimate of drug-likeness (QED) is 0.438. The van der Waals surface area contributed by atoms with Gasteiger partial charge in [-0.25, -0.2) is 0 Å². The minimum Gasteiger partial charge on any atom is -0.460 e. The van der Waals surface area contributed by atoms with Gasteiger partial charge in [-0.2, -0.15) is 0 Å². The lowest BCUT2D eigenvalue weighted by molar-refractivity contribution is 0.319. The largest absolute Gasteiger partial charge is 0.460 e. The van der Waals surface area contributed by atoms with Gasteiger partial charge in [0.15, 0.2) is 0 Å². The number of hydrogen-bond acceptors (Lipinski definition) is 3. The van der Waals surface area contributed by atoms with E-state index in [9.17, 15) is 5.21 Å². The molecule has 3 nitrogen and oxygen atoms in total. The Labute approximate surface area is 117 Å². The Bertz CT molecular complexity index is 757. The molecule has 0 amide bonds. The van der Waals surface area contributed by atoms with Crippen LogP contribution >= 0.6 is 0 Å². The van der Waals surface area contributed by atoms with Crippen LogP contribution in [0, 0.1) is 0 Å². The normalized spacial score (nSPS) is 11.9. The maximum absolute atomic E-state index is 9.48. The van der Waals surface area contributed by atoms with Gasteiger partial charge in [-0.05, 0) is 6.07 Å². The lowest BCUT2D eigenvalue weighted by Crippen LogP contribution is -2.05. The molecule has 0 radical (unpaired) electrons. The summed E-state index contributed by atoms with van der Waals surface area (Å²) in [5.41, 5.74) is 3.11. The van der Waals surface area contributed by atoms with Crippen LogP contribution in [-0.2, 0) is 6.42 Å². The summed E-state index contributed by atoms with van der Waals surface area (Å²) < 4.78 is 5.86. The maximum Gasteiger partial charge on any atom is 0.134 e. The van der Waals surface area contributed by atoms with E-state index in [1.54, 1.807) is 0 Å². The molecule has 0 aliphatic heterocycles. The second-order valence-electron chi connectivity index (χ2n) is 4.56. The Balaban J connectivity index is 2.27. The molecule has 1 N–H and O–H groups in total. The Hall–Kier alpha value is -2.55. The van der Waals surface area contributed by atoms with Gasteiger partial charge in [0, 0.05) is 17.4 Å². The Kier molecular flexibility index (Phi) is 3.25. The van der Waals surface area contributed by atoms with Crippen molar-refractivity contribution in [3.63, 3.8) is 0 Å². The fraction of sp³-hybridized carbons (Fsp3) is 0.118. The summed E-state index contributed by atoms with van der Waals surface area (Å²) in [5.74, 6) is 0.836. The SMILES string of the molecule is CCc1oc2ccccc2c1C(=NO)c1ccccc1. The number of oxime groups is 1. The third-order valence-corrected chi connectivity index (χ3v) is 3.37. The van der Waals surface area contributed by atoms with E-state index in [0.29, 0.717) is 5.71 Å². The second kappa shape index (κ2) is 5.21. The van der Waals surface area contributed by atoms with Crippen molar-refractivity contribution in [2.75, 3.05) is 0 Å². The fourth-order valence-electron chi connectivity index (χ4n) is 2.45. The van der Waals surface area contributed by atoms with Crippen molar-refractivity contribution in [1.29, 1.82) is 0 Å². The molecule has 0 atom stereocenters. The van der Waals surface area contributed by atoms with Crippen LogP contribution in [0.15, 0.2) is 64.2 Å². The van der Waals surface area contributed by atoms with Crippen molar-refractivity contribution in [1.82, 2.24) is 0 Å². The summed E-state index contributed by atoms with van der Waals surface area (Å²) in [6, 6.07) is 17.5. The zero-order chi connectivity index (χ0) is 13.9. The second-order valence-corrected chi connectivity index (χ2v) is 4.56. The van der Waals surface area contributed by atoms with Crippen molar-refractivity contribution in [2.45, 2.75) is 13.3 Å². The molecule has 2 aromatic carbocycles. The number of aryl methyl sites for hydroxylation is 1. The van der Waals surface area contributed by atoms with Crippen LogP contribution in [0.4, 0.5) is 0 Å². The highest BCUT2D eigenvalue weighted by atomic mass is 16.4. The zero-order valence-corrected chi connectivity index (χ0v) is 11.2. The molecule has 100 valence electrons. The molecular formula is C17H15NO2. The predicted molar refractivity (Wildman–Crippen MR) is 79.5 cm³/mol. The van der Waals surface area contributed by atoms with Crippen LogP contribution in [0.25, 0.3) is 11.0 Å². The van der Waals surface area contributed by atoms with E-state index in [4.69, 9.17) is 4.42 Å². The first-order chi connectivity index (χ1) is 9.85. The number of furan rings is 1. The van der Waals surface area contributed by atoms with Gasteiger partial charge >= 0.3 is 0 Å². The number of rotatable bonds is 3. The van der Waals surface area contributed by atoms with E-state index in [0.717, 1.165) is 34.3 Å². The van der Waals surface area contributed by atoms with Crippen molar-refractivity contribution in [2.24, 2.45) is 5.16 Å². The van der Waals surface area contributed by atoms with Gasteiger partial charge < -0.3 is 9.62 Å². The number of hydrogen-bond donors (Lipinski definition) is 1. The van der Waals surface area contributed by atoms with E-state index in [-0.39, 0.29) is 0 Å². The summed E-state index contributed by atoms with van der Waals surface area (Å²) in [5, 5.41) is 14.0. The molecule has 20 heavy (non-hydrogen) atoms. The molecule has 0 saturated carbocycles. The van der Waals surface area contributed by atoms with Crippen molar-refractivity contribution in [3.05, 3.63) is 71.5 Å². The topological polar surface area (TPSA) is 45.7 Å². The molecule has 0 unspecified atom stereocenters. The average molecular weight is 265 g/mol. The Morgan fingerprint density at radius 1 is 1.05 bits per heavy atom. The molecule has 0 spiro atoms. The van der Waals surface area contributed by atoms with Crippen LogP contribution in [0.1, 0.15) is 23.8 Å². The van der Waals surface area contributed by atoms with Crippen molar-refractivity contribution >= 4 is 16.7 Å². The third kappa shape index (κ3) is 1.97. The molecule has 0 aliphatic carbocycles. The first-order valence-electron chi connectivity index (χ1n) is 6.63. The molecule has 3 heteroatoms. The maximum atomic E-state index is 9.48. The van der Waals surface area contributed by atoms with Gasteiger partial charge in [0.1, 0.15) is 17.1 Å². The molecule has 3 aromatic rings. The summed E-state index contributed by atoms with van der Waals surface area (Å²) in [4.78, 5) is 0. The summed E-state index contributed by atoms with van der Waals surface area (Å²) in [7, 11) is 0. The molecule has 0 saturated heterocycles.